The van der Waals surface area contributed by atoms with Crippen LogP contribution >= 0.6 is 11.8 Å². The van der Waals surface area contributed by atoms with Crippen LogP contribution in [0.15, 0.2) is 29.2 Å². The van der Waals surface area contributed by atoms with Crippen LogP contribution in [-0.2, 0) is 16.1 Å². The van der Waals surface area contributed by atoms with Crippen LogP contribution in [0, 0.1) is 0 Å². The molecule has 0 atom stereocenters. The Labute approximate surface area is 125 Å². The summed E-state index contributed by atoms with van der Waals surface area (Å²) in [5.41, 5.74) is 1.25. The van der Waals surface area contributed by atoms with E-state index in [0.717, 1.165) is 25.4 Å². The first-order valence-electron chi connectivity index (χ1n) is 6.94. The molecular weight excluding hydrogens is 272 g/mol. The highest BCUT2D eigenvalue weighted by atomic mass is 32.2. The Bertz CT molecular complexity index is 399. The second-order valence-electron chi connectivity index (χ2n) is 4.37. The highest BCUT2D eigenvalue weighted by Gasteiger charge is 2.01. The lowest BCUT2D eigenvalue weighted by molar-refractivity contribution is -0.120. The standard InChI is InChI=1S/C15H24N2O2S/c1-3-17-15(18)7-10-20-14-6-4-5-13(11-14)12-16-8-9-19-2/h4-6,11,16H,3,7-10,12H2,1-2H3,(H,17,18). The Morgan fingerprint density at radius 2 is 2.25 bits per heavy atom. The van der Waals surface area contributed by atoms with Crippen LogP contribution in [-0.4, -0.2) is 38.5 Å². The number of benzene rings is 1. The van der Waals surface area contributed by atoms with Crippen LogP contribution in [0.2, 0.25) is 0 Å². The summed E-state index contributed by atoms with van der Waals surface area (Å²) in [6.07, 6.45) is 0.564. The van der Waals surface area contributed by atoms with E-state index in [4.69, 9.17) is 4.74 Å². The van der Waals surface area contributed by atoms with Gasteiger partial charge in [0, 0.05) is 43.8 Å². The van der Waals surface area contributed by atoms with Crippen molar-refractivity contribution in [3.63, 3.8) is 0 Å². The van der Waals surface area contributed by atoms with E-state index < -0.39 is 0 Å². The van der Waals surface area contributed by atoms with E-state index in [9.17, 15) is 4.79 Å². The molecule has 4 nitrogen and oxygen atoms in total. The monoisotopic (exact) mass is 296 g/mol. The quantitative estimate of drug-likeness (QED) is 0.512. The summed E-state index contributed by atoms with van der Waals surface area (Å²) in [6, 6.07) is 8.42. The van der Waals surface area contributed by atoms with E-state index in [1.165, 1.54) is 10.5 Å². The van der Waals surface area contributed by atoms with Crippen LogP contribution in [0.1, 0.15) is 18.9 Å². The van der Waals surface area contributed by atoms with Gasteiger partial charge in [0.2, 0.25) is 5.91 Å². The van der Waals surface area contributed by atoms with Gasteiger partial charge in [-0.3, -0.25) is 4.79 Å². The molecule has 0 unspecified atom stereocenters. The maximum Gasteiger partial charge on any atom is 0.220 e. The summed E-state index contributed by atoms with van der Waals surface area (Å²) in [5, 5.41) is 6.13. The van der Waals surface area contributed by atoms with Gasteiger partial charge in [-0.2, -0.15) is 0 Å². The van der Waals surface area contributed by atoms with E-state index >= 15 is 0 Å². The smallest absolute Gasteiger partial charge is 0.220 e. The average molecular weight is 296 g/mol. The van der Waals surface area contributed by atoms with E-state index in [1.54, 1.807) is 18.9 Å². The summed E-state index contributed by atoms with van der Waals surface area (Å²) in [4.78, 5) is 12.6. The third-order valence-electron chi connectivity index (χ3n) is 2.68. The van der Waals surface area contributed by atoms with Crippen LogP contribution in [0.25, 0.3) is 0 Å². The van der Waals surface area contributed by atoms with Crippen LogP contribution in [0.4, 0.5) is 0 Å². The summed E-state index contributed by atoms with van der Waals surface area (Å²) in [6.45, 7) is 5.05. The van der Waals surface area contributed by atoms with E-state index in [-0.39, 0.29) is 5.91 Å². The second-order valence-corrected chi connectivity index (χ2v) is 5.54. The molecule has 0 saturated carbocycles. The van der Waals surface area contributed by atoms with Crippen LogP contribution < -0.4 is 10.6 Å². The first kappa shape index (κ1) is 17.0. The molecule has 1 amide bonds. The summed E-state index contributed by atoms with van der Waals surface area (Å²) in [5.74, 6) is 0.934. The highest BCUT2D eigenvalue weighted by Crippen LogP contribution is 2.19. The normalized spacial score (nSPS) is 10.5. The highest BCUT2D eigenvalue weighted by molar-refractivity contribution is 7.99. The van der Waals surface area contributed by atoms with Gasteiger partial charge < -0.3 is 15.4 Å². The van der Waals surface area contributed by atoms with Crippen molar-refractivity contribution in [2.75, 3.05) is 32.6 Å². The maximum absolute atomic E-state index is 11.4. The number of ether oxygens (including phenoxy) is 1. The average Bonchev–Trinajstić information content (AvgIpc) is 2.44. The Morgan fingerprint density at radius 1 is 1.40 bits per heavy atom. The first-order chi connectivity index (χ1) is 9.76. The molecule has 0 bridgehead atoms. The SMILES string of the molecule is CCNC(=O)CCSc1cccc(CNCCOC)c1. The zero-order chi connectivity index (χ0) is 14.6. The van der Waals surface area contributed by atoms with Crippen molar-refractivity contribution in [2.24, 2.45) is 0 Å². The number of amides is 1. The summed E-state index contributed by atoms with van der Waals surface area (Å²) < 4.78 is 4.99. The van der Waals surface area contributed by atoms with Gasteiger partial charge in [-0.25, -0.2) is 0 Å². The number of hydrogen-bond acceptors (Lipinski definition) is 4. The first-order valence-corrected chi connectivity index (χ1v) is 7.93. The van der Waals surface area contributed by atoms with Crippen LogP contribution in [0.5, 0.6) is 0 Å². The maximum atomic E-state index is 11.4. The second kappa shape index (κ2) is 10.7. The molecule has 0 fully saturated rings. The molecule has 0 aliphatic heterocycles. The molecule has 5 heteroatoms. The number of carbonyl (C=O) groups excluding carboxylic acids is 1. The topological polar surface area (TPSA) is 50.4 Å². The third kappa shape index (κ3) is 7.53. The van der Waals surface area contributed by atoms with Crippen molar-refractivity contribution < 1.29 is 9.53 Å². The van der Waals surface area contributed by atoms with Gasteiger partial charge in [-0.05, 0) is 24.6 Å². The van der Waals surface area contributed by atoms with E-state index in [2.05, 4.69) is 34.9 Å². The molecule has 2 N–H and O–H groups in total. The van der Waals surface area contributed by atoms with Crippen molar-refractivity contribution in [3.8, 4) is 0 Å². The van der Waals surface area contributed by atoms with Gasteiger partial charge in [-0.15, -0.1) is 11.8 Å². The summed E-state index contributed by atoms with van der Waals surface area (Å²) in [7, 11) is 1.70. The molecule has 0 saturated heterocycles. The predicted molar refractivity (Wildman–Crippen MR) is 84.0 cm³/mol. The number of rotatable bonds is 10. The molecule has 0 spiro atoms. The van der Waals surface area contributed by atoms with Crippen molar-refractivity contribution in [2.45, 2.75) is 24.8 Å². The molecule has 0 aliphatic rings. The number of hydrogen-bond donors (Lipinski definition) is 2. The fraction of sp³-hybridized carbons (Fsp3) is 0.533. The minimum absolute atomic E-state index is 0.123. The minimum atomic E-state index is 0.123. The molecule has 0 radical (unpaired) electrons. The zero-order valence-corrected chi connectivity index (χ0v) is 13.1. The lowest BCUT2D eigenvalue weighted by atomic mass is 10.2. The molecule has 0 aliphatic carbocycles. The molecule has 0 aromatic heterocycles. The molecule has 0 heterocycles. The molecule has 1 aromatic carbocycles. The fourth-order valence-electron chi connectivity index (χ4n) is 1.70. The number of methoxy groups -OCH3 is 1. The third-order valence-corrected chi connectivity index (χ3v) is 3.68. The van der Waals surface area contributed by atoms with Gasteiger partial charge in [-0.1, -0.05) is 12.1 Å². The Kier molecular flexibility index (Phi) is 9.11. The van der Waals surface area contributed by atoms with Crippen molar-refractivity contribution in [1.29, 1.82) is 0 Å². The summed E-state index contributed by atoms with van der Waals surface area (Å²) >= 11 is 1.72. The molecular formula is C15H24N2O2S. The van der Waals surface area contributed by atoms with Crippen molar-refractivity contribution >= 4 is 17.7 Å². The Morgan fingerprint density at radius 3 is 3.00 bits per heavy atom. The lowest BCUT2D eigenvalue weighted by Gasteiger charge is -2.07. The van der Waals surface area contributed by atoms with Crippen LogP contribution in [0.3, 0.4) is 0 Å². The minimum Gasteiger partial charge on any atom is -0.383 e. The number of thioether (sulfide) groups is 1. The molecule has 1 aromatic rings. The van der Waals surface area contributed by atoms with Gasteiger partial charge in [0.1, 0.15) is 0 Å². The van der Waals surface area contributed by atoms with E-state index in [1.807, 2.05) is 6.92 Å². The Balaban J connectivity index is 2.30. The molecule has 112 valence electrons. The van der Waals surface area contributed by atoms with Gasteiger partial charge in [0.25, 0.3) is 0 Å². The zero-order valence-electron chi connectivity index (χ0n) is 12.3. The van der Waals surface area contributed by atoms with Gasteiger partial charge in [0.15, 0.2) is 0 Å². The van der Waals surface area contributed by atoms with Gasteiger partial charge in [0.05, 0.1) is 6.61 Å². The van der Waals surface area contributed by atoms with Crippen molar-refractivity contribution in [1.82, 2.24) is 10.6 Å². The van der Waals surface area contributed by atoms with E-state index in [0.29, 0.717) is 13.0 Å². The molecule has 20 heavy (non-hydrogen) atoms. The van der Waals surface area contributed by atoms with Crippen molar-refractivity contribution in [3.05, 3.63) is 29.8 Å². The predicted octanol–water partition coefficient (Wildman–Crippen LogP) is 2.04. The number of carbonyl (C=O) groups is 1. The Hall–Kier alpha value is -1.04. The lowest BCUT2D eigenvalue weighted by Crippen LogP contribution is -2.22. The number of nitrogens with one attached hydrogen (secondary N) is 2. The molecule has 1 rings (SSSR count). The van der Waals surface area contributed by atoms with Gasteiger partial charge >= 0.3 is 0 Å². The largest absolute Gasteiger partial charge is 0.383 e. The fourth-order valence-corrected chi connectivity index (χ4v) is 2.63.